The van der Waals surface area contributed by atoms with E-state index in [1.807, 2.05) is 52.0 Å². The lowest BCUT2D eigenvalue weighted by Crippen LogP contribution is -2.52. The molecule has 3 rings (SSSR count). The molecule has 0 radical (unpaired) electrons. The van der Waals surface area contributed by atoms with Gasteiger partial charge in [0.2, 0.25) is 11.8 Å². The summed E-state index contributed by atoms with van der Waals surface area (Å²) in [6, 6.07) is 18.4. The number of aryl methyl sites for hydroxylation is 2. The summed E-state index contributed by atoms with van der Waals surface area (Å²) >= 11 is 6.40. The normalized spacial score (nSPS) is 12.0. The highest BCUT2D eigenvalue weighted by Crippen LogP contribution is 2.31. The van der Waals surface area contributed by atoms with Crippen LogP contribution >= 0.6 is 11.6 Å². The number of halogens is 1. The number of benzene rings is 3. The Morgan fingerprint density at radius 2 is 1.61 bits per heavy atom. The Bertz CT molecular complexity index is 1460. The van der Waals surface area contributed by atoms with Crippen LogP contribution in [-0.2, 0) is 26.2 Å². The molecule has 1 N–H and O–H groups in total. The van der Waals surface area contributed by atoms with E-state index in [1.54, 1.807) is 37.3 Å². The van der Waals surface area contributed by atoms with Crippen LogP contribution in [0.15, 0.2) is 71.6 Å². The van der Waals surface area contributed by atoms with Crippen molar-refractivity contribution >= 4 is 39.1 Å². The van der Waals surface area contributed by atoms with E-state index in [4.69, 9.17) is 11.6 Å². The van der Waals surface area contributed by atoms with E-state index in [2.05, 4.69) is 5.32 Å². The molecule has 41 heavy (non-hydrogen) atoms. The van der Waals surface area contributed by atoms with Crippen molar-refractivity contribution in [3.8, 4) is 0 Å². The van der Waals surface area contributed by atoms with Crippen molar-refractivity contribution in [2.75, 3.05) is 17.4 Å². The number of hydrogen-bond donors (Lipinski definition) is 1. The SMILES string of the molecule is CCCCNC(=O)[C@H](CC)N(Cc1cccc(C)c1)C(=O)CN(c1cccc(Cl)c1C)S(=O)(=O)c1ccc(C)cc1. The van der Waals surface area contributed by atoms with Gasteiger partial charge in [0.05, 0.1) is 10.6 Å². The quantitative estimate of drug-likeness (QED) is 0.238. The molecule has 3 aromatic rings. The van der Waals surface area contributed by atoms with Crippen LogP contribution in [0.5, 0.6) is 0 Å². The van der Waals surface area contributed by atoms with Crippen LogP contribution < -0.4 is 9.62 Å². The zero-order valence-corrected chi connectivity index (χ0v) is 26.1. The van der Waals surface area contributed by atoms with Gasteiger partial charge in [-0.05, 0) is 69.0 Å². The summed E-state index contributed by atoms with van der Waals surface area (Å²) in [6.07, 6.45) is 2.12. The van der Waals surface area contributed by atoms with Gasteiger partial charge < -0.3 is 10.2 Å². The monoisotopic (exact) mass is 597 g/mol. The first-order valence-corrected chi connectivity index (χ1v) is 15.8. The minimum atomic E-state index is -4.16. The second kappa shape index (κ2) is 14.5. The minimum Gasteiger partial charge on any atom is -0.354 e. The number of hydrogen-bond acceptors (Lipinski definition) is 4. The summed E-state index contributed by atoms with van der Waals surface area (Å²) in [5.41, 5.74) is 3.63. The number of rotatable bonds is 13. The molecule has 0 aliphatic rings. The van der Waals surface area contributed by atoms with E-state index in [0.717, 1.165) is 33.8 Å². The highest BCUT2D eigenvalue weighted by Gasteiger charge is 2.34. The van der Waals surface area contributed by atoms with Crippen LogP contribution in [0.25, 0.3) is 0 Å². The third kappa shape index (κ3) is 8.11. The number of amides is 2. The molecule has 0 unspecified atom stereocenters. The zero-order valence-electron chi connectivity index (χ0n) is 24.5. The van der Waals surface area contributed by atoms with Crippen molar-refractivity contribution in [1.29, 1.82) is 0 Å². The van der Waals surface area contributed by atoms with Crippen LogP contribution in [-0.4, -0.2) is 44.3 Å². The predicted molar refractivity (Wildman–Crippen MR) is 166 cm³/mol. The lowest BCUT2D eigenvalue weighted by atomic mass is 10.1. The maximum absolute atomic E-state index is 14.2. The summed E-state index contributed by atoms with van der Waals surface area (Å²) < 4.78 is 29.2. The minimum absolute atomic E-state index is 0.0601. The van der Waals surface area contributed by atoms with Gasteiger partial charge in [-0.25, -0.2) is 8.42 Å². The van der Waals surface area contributed by atoms with Crippen LogP contribution in [0.3, 0.4) is 0 Å². The molecule has 0 aromatic heterocycles. The molecule has 9 heteroatoms. The van der Waals surface area contributed by atoms with E-state index in [1.165, 1.54) is 17.0 Å². The Kier molecular flexibility index (Phi) is 11.4. The fourth-order valence-corrected chi connectivity index (χ4v) is 6.29. The molecule has 0 bridgehead atoms. The van der Waals surface area contributed by atoms with E-state index in [9.17, 15) is 18.0 Å². The molecule has 3 aromatic carbocycles. The topological polar surface area (TPSA) is 86.8 Å². The molecule has 0 fully saturated rings. The summed E-state index contributed by atoms with van der Waals surface area (Å²) in [5.74, 6) is -0.743. The number of nitrogens with zero attached hydrogens (tertiary/aromatic N) is 2. The first kappa shape index (κ1) is 32.2. The maximum atomic E-state index is 14.2. The smallest absolute Gasteiger partial charge is 0.264 e. The number of unbranched alkanes of at least 4 members (excludes halogenated alkanes) is 1. The van der Waals surface area contributed by atoms with Crippen molar-refractivity contribution in [3.05, 3.63) is 94.0 Å². The Balaban J connectivity index is 2.08. The number of carbonyl (C=O) groups is 2. The summed E-state index contributed by atoms with van der Waals surface area (Å²) in [4.78, 5) is 29.0. The van der Waals surface area contributed by atoms with Gasteiger partial charge in [0.25, 0.3) is 10.0 Å². The fraction of sp³-hybridized carbons (Fsp3) is 0.375. The van der Waals surface area contributed by atoms with Gasteiger partial charge in [-0.15, -0.1) is 0 Å². The van der Waals surface area contributed by atoms with Crippen molar-refractivity contribution in [1.82, 2.24) is 10.2 Å². The van der Waals surface area contributed by atoms with Gasteiger partial charge in [0.1, 0.15) is 12.6 Å². The molecule has 220 valence electrons. The van der Waals surface area contributed by atoms with Crippen LogP contribution in [0.4, 0.5) is 5.69 Å². The molecule has 0 aliphatic carbocycles. The molecule has 0 saturated carbocycles. The molecule has 0 heterocycles. The molecule has 7 nitrogen and oxygen atoms in total. The lowest BCUT2D eigenvalue weighted by Gasteiger charge is -2.33. The first-order chi connectivity index (χ1) is 19.5. The Labute approximate surface area is 249 Å². The lowest BCUT2D eigenvalue weighted by molar-refractivity contribution is -0.140. The average molecular weight is 598 g/mol. The zero-order chi connectivity index (χ0) is 30.2. The van der Waals surface area contributed by atoms with Gasteiger partial charge in [-0.2, -0.15) is 0 Å². The standard InChI is InChI=1S/C32H40ClN3O4S/c1-6-8-19-34-32(38)29(7-2)35(21-26-12-9-11-24(4)20-26)31(37)22-36(30-14-10-13-28(33)25(30)5)41(39,40)27-17-15-23(3)16-18-27/h9-18,20,29H,6-8,19,21-22H2,1-5H3,(H,34,38)/t29-/m0/s1. The summed E-state index contributed by atoms with van der Waals surface area (Å²) in [6.45, 7) is 9.62. The Morgan fingerprint density at radius 1 is 0.927 bits per heavy atom. The van der Waals surface area contributed by atoms with Crippen LogP contribution in [0.1, 0.15) is 55.4 Å². The maximum Gasteiger partial charge on any atom is 0.264 e. The first-order valence-electron chi connectivity index (χ1n) is 14.0. The largest absolute Gasteiger partial charge is 0.354 e. The summed E-state index contributed by atoms with van der Waals surface area (Å²) in [7, 11) is -4.16. The second-order valence-electron chi connectivity index (χ2n) is 10.3. The van der Waals surface area contributed by atoms with E-state index in [-0.39, 0.29) is 17.3 Å². The van der Waals surface area contributed by atoms with Crippen molar-refractivity contribution in [2.24, 2.45) is 0 Å². The number of sulfonamides is 1. The van der Waals surface area contributed by atoms with Gasteiger partial charge in [-0.1, -0.05) is 85.5 Å². The molecular weight excluding hydrogens is 558 g/mol. The Hall–Kier alpha value is -3.36. The molecule has 0 spiro atoms. The Morgan fingerprint density at radius 3 is 2.24 bits per heavy atom. The van der Waals surface area contributed by atoms with Gasteiger partial charge in [0, 0.05) is 18.1 Å². The highest BCUT2D eigenvalue weighted by atomic mass is 35.5. The van der Waals surface area contributed by atoms with Gasteiger partial charge in [-0.3, -0.25) is 13.9 Å². The number of carbonyl (C=O) groups excluding carboxylic acids is 2. The van der Waals surface area contributed by atoms with Crippen molar-refractivity contribution in [2.45, 2.75) is 71.4 Å². The third-order valence-corrected chi connectivity index (χ3v) is 9.23. The fourth-order valence-electron chi connectivity index (χ4n) is 4.65. The van der Waals surface area contributed by atoms with Crippen LogP contribution in [0, 0.1) is 20.8 Å². The highest BCUT2D eigenvalue weighted by molar-refractivity contribution is 7.92. The van der Waals surface area contributed by atoms with E-state index >= 15 is 0 Å². The van der Waals surface area contributed by atoms with Crippen molar-refractivity contribution in [3.63, 3.8) is 0 Å². The molecule has 1 atom stereocenters. The second-order valence-corrected chi connectivity index (χ2v) is 12.6. The molecule has 0 aliphatic heterocycles. The van der Waals surface area contributed by atoms with E-state index in [0.29, 0.717) is 29.2 Å². The van der Waals surface area contributed by atoms with Crippen LogP contribution in [0.2, 0.25) is 5.02 Å². The summed E-state index contributed by atoms with van der Waals surface area (Å²) in [5, 5.41) is 3.33. The number of anilines is 1. The van der Waals surface area contributed by atoms with Crippen molar-refractivity contribution < 1.29 is 18.0 Å². The molecular formula is C32H40ClN3O4S. The molecule has 0 saturated heterocycles. The van der Waals surface area contributed by atoms with E-state index < -0.39 is 28.5 Å². The average Bonchev–Trinajstić information content (AvgIpc) is 2.93. The third-order valence-electron chi connectivity index (χ3n) is 7.05. The van der Waals surface area contributed by atoms with Gasteiger partial charge in [0.15, 0.2) is 0 Å². The number of nitrogens with one attached hydrogen (secondary N) is 1. The molecule has 2 amide bonds. The van der Waals surface area contributed by atoms with Gasteiger partial charge >= 0.3 is 0 Å². The predicted octanol–water partition coefficient (Wildman–Crippen LogP) is 6.18.